The van der Waals surface area contributed by atoms with Crippen molar-refractivity contribution in [2.24, 2.45) is 0 Å². The van der Waals surface area contributed by atoms with E-state index < -0.39 is 0 Å². The van der Waals surface area contributed by atoms with Crippen molar-refractivity contribution in [2.75, 3.05) is 31.1 Å². The normalized spacial score (nSPS) is 14.7. The number of para-hydroxylation sites is 1. The van der Waals surface area contributed by atoms with Gasteiger partial charge in [-0.25, -0.2) is 4.98 Å². The maximum Gasteiger partial charge on any atom is 0.216 e. The van der Waals surface area contributed by atoms with E-state index in [2.05, 4.69) is 45.9 Å². The number of aromatic nitrogens is 1. The fraction of sp³-hybridized carbons (Fsp3) is 0.500. The number of fused-ring (bicyclic) bond motifs is 1. The second-order valence-electron chi connectivity index (χ2n) is 6.72. The number of benzene rings is 1. The summed E-state index contributed by atoms with van der Waals surface area (Å²) in [7, 11) is 0. The molecule has 5 nitrogen and oxygen atoms in total. The lowest BCUT2D eigenvalue weighted by Crippen LogP contribution is -2.32. The Hall–Kier alpha value is -2.14. The zero-order valence-electron chi connectivity index (χ0n) is 15.1. The number of piperidine rings is 1. The lowest BCUT2D eigenvalue weighted by atomic mass is 10.1. The van der Waals surface area contributed by atoms with Crippen molar-refractivity contribution in [1.82, 2.24) is 15.6 Å². The van der Waals surface area contributed by atoms with Gasteiger partial charge in [0.1, 0.15) is 5.82 Å². The van der Waals surface area contributed by atoms with Crippen LogP contribution in [-0.2, 0) is 11.3 Å². The average Bonchev–Trinajstić information content (AvgIpc) is 2.64. The van der Waals surface area contributed by atoms with Crippen LogP contribution in [0.4, 0.5) is 5.82 Å². The van der Waals surface area contributed by atoms with Crippen LogP contribution in [0.2, 0.25) is 0 Å². The van der Waals surface area contributed by atoms with Gasteiger partial charge in [0.25, 0.3) is 0 Å². The van der Waals surface area contributed by atoms with Crippen molar-refractivity contribution in [1.29, 1.82) is 0 Å². The molecule has 0 bridgehead atoms. The standard InChI is InChI=1S/C20H28N4O/c1-16(25)22-11-7-10-21-15-18-14-17-8-3-4-9-19(17)23-20(18)24-12-5-2-6-13-24/h3-4,8-9,14,21H,2,5-7,10-13,15H2,1H3,(H,22,25). The van der Waals surface area contributed by atoms with Crippen LogP contribution in [0.1, 0.15) is 38.2 Å². The summed E-state index contributed by atoms with van der Waals surface area (Å²) < 4.78 is 0. The van der Waals surface area contributed by atoms with Crippen LogP contribution in [0.25, 0.3) is 10.9 Å². The number of anilines is 1. The highest BCUT2D eigenvalue weighted by atomic mass is 16.1. The van der Waals surface area contributed by atoms with Gasteiger partial charge in [-0.15, -0.1) is 0 Å². The van der Waals surface area contributed by atoms with Crippen molar-refractivity contribution < 1.29 is 4.79 Å². The number of carbonyl (C=O) groups excluding carboxylic acids is 1. The molecule has 3 rings (SSSR count). The minimum atomic E-state index is 0.0334. The first-order valence-electron chi connectivity index (χ1n) is 9.33. The largest absolute Gasteiger partial charge is 0.356 e. The van der Waals surface area contributed by atoms with E-state index in [0.717, 1.165) is 50.5 Å². The molecule has 1 aromatic carbocycles. The summed E-state index contributed by atoms with van der Waals surface area (Å²) in [6, 6.07) is 10.6. The quantitative estimate of drug-likeness (QED) is 0.761. The highest BCUT2D eigenvalue weighted by molar-refractivity contribution is 5.81. The molecule has 1 aliphatic heterocycles. The molecule has 0 atom stereocenters. The number of carbonyl (C=O) groups is 1. The highest BCUT2D eigenvalue weighted by Crippen LogP contribution is 2.26. The van der Waals surface area contributed by atoms with E-state index in [-0.39, 0.29) is 5.91 Å². The number of nitrogens with zero attached hydrogens (tertiary/aromatic N) is 2. The van der Waals surface area contributed by atoms with Crippen LogP contribution in [0.5, 0.6) is 0 Å². The molecule has 0 unspecified atom stereocenters. The van der Waals surface area contributed by atoms with Gasteiger partial charge in [0.05, 0.1) is 5.52 Å². The SMILES string of the molecule is CC(=O)NCCCNCc1cc2ccccc2nc1N1CCCCC1. The van der Waals surface area contributed by atoms with Gasteiger partial charge in [-0.05, 0) is 44.4 Å². The molecule has 2 N–H and O–H groups in total. The Balaban J connectivity index is 1.69. The Bertz CT molecular complexity index is 710. The van der Waals surface area contributed by atoms with Gasteiger partial charge < -0.3 is 15.5 Å². The molecule has 1 saturated heterocycles. The zero-order valence-corrected chi connectivity index (χ0v) is 15.1. The van der Waals surface area contributed by atoms with Crippen LogP contribution < -0.4 is 15.5 Å². The molecule has 0 aliphatic carbocycles. The van der Waals surface area contributed by atoms with Gasteiger partial charge in [-0.3, -0.25) is 4.79 Å². The fourth-order valence-electron chi connectivity index (χ4n) is 3.36. The van der Waals surface area contributed by atoms with Gasteiger partial charge in [-0.1, -0.05) is 18.2 Å². The summed E-state index contributed by atoms with van der Waals surface area (Å²) in [6.45, 7) is 6.16. The van der Waals surface area contributed by atoms with Crippen molar-refractivity contribution in [3.05, 3.63) is 35.9 Å². The van der Waals surface area contributed by atoms with Crippen LogP contribution in [-0.4, -0.2) is 37.1 Å². The minimum absolute atomic E-state index is 0.0334. The molecule has 5 heteroatoms. The molecule has 0 saturated carbocycles. The van der Waals surface area contributed by atoms with E-state index in [1.165, 1.54) is 30.2 Å². The van der Waals surface area contributed by atoms with E-state index >= 15 is 0 Å². The smallest absolute Gasteiger partial charge is 0.216 e. The summed E-state index contributed by atoms with van der Waals surface area (Å²) in [6.07, 6.45) is 4.75. The van der Waals surface area contributed by atoms with Crippen LogP contribution >= 0.6 is 0 Å². The van der Waals surface area contributed by atoms with E-state index in [0.29, 0.717) is 0 Å². The first-order chi connectivity index (χ1) is 12.2. The van der Waals surface area contributed by atoms with Gasteiger partial charge in [0.2, 0.25) is 5.91 Å². The second-order valence-corrected chi connectivity index (χ2v) is 6.72. The minimum Gasteiger partial charge on any atom is -0.356 e. The lowest BCUT2D eigenvalue weighted by molar-refractivity contribution is -0.118. The molecule has 2 aromatic rings. The number of nitrogens with one attached hydrogen (secondary N) is 2. The highest BCUT2D eigenvalue weighted by Gasteiger charge is 2.16. The van der Waals surface area contributed by atoms with E-state index in [9.17, 15) is 4.79 Å². The molecule has 1 aromatic heterocycles. The maximum atomic E-state index is 10.9. The molecule has 25 heavy (non-hydrogen) atoms. The molecular formula is C20H28N4O. The second kappa shape index (κ2) is 8.81. The van der Waals surface area contributed by atoms with Crippen LogP contribution in [0.3, 0.4) is 0 Å². The first kappa shape index (κ1) is 17.7. The molecule has 1 fully saturated rings. The average molecular weight is 340 g/mol. The predicted molar refractivity (Wildman–Crippen MR) is 103 cm³/mol. The summed E-state index contributed by atoms with van der Waals surface area (Å²) >= 11 is 0. The third kappa shape index (κ3) is 4.92. The maximum absolute atomic E-state index is 10.9. The van der Waals surface area contributed by atoms with E-state index in [4.69, 9.17) is 4.98 Å². The summed E-state index contributed by atoms with van der Waals surface area (Å²) in [5.74, 6) is 1.17. The Labute approximate surface area is 149 Å². The van der Waals surface area contributed by atoms with Crippen molar-refractivity contribution >= 4 is 22.6 Å². The van der Waals surface area contributed by atoms with Crippen LogP contribution in [0, 0.1) is 0 Å². The third-order valence-corrected chi connectivity index (χ3v) is 4.66. The number of amides is 1. The fourth-order valence-corrected chi connectivity index (χ4v) is 3.36. The monoisotopic (exact) mass is 340 g/mol. The number of rotatable bonds is 7. The Morgan fingerprint density at radius 1 is 1.16 bits per heavy atom. The molecule has 1 aliphatic rings. The van der Waals surface area contributed by atoms with Gasteiger partial charge in [0, 0.05) is 44.1 Å². The molecule has 2 heterocycles. The number of pyridine rings is 1. The van der Waals surface area contributed by atoms with Crippen molar-refractivity contribution in [3.8, 4) is 0 Å². The Morgan fingerprint density at radius 3 is 2.76 bits per heavy atom. The molecule has 134 valence electrons. The summed E-state index contributed by atoms with van der Waals surface area (Å²) in [4.78, 5) is 18.3. The summed E-state index contributed by atoms with van der Waals surface area (Å²) in [5.41, 5.74) is 2.33. The van der Waals surface area contributed by atoms with Gasteiger partial charge in [-0.2, -0.15) is 0 Å². The van der Waals surface area contributed by atoms with Crippen molar-refractivity contribution in [3.63, 3.8) is 0 Å². The molecular weight excluding hydrogens is 312 g/mol. The number of hydrogen-bond donors (Lipinski definition) is 2. The zero-order chi connectivity index (χ0) is 17.5. The van der Waals surface area contributed by atoms with Gasteiger partial charge >= 0.3 is 0 Å². The molecule has 0 spiro atoms. The predicted octanol–water partition coefficient (Wildman–Crippen LogP) is 2.84. The Kier molecular flexibility index (Phi) is 6.23. The van der Waals surface area contributed by atoms with Crippen LogP contribution in [0.15, 0.2) is 30.3 Å². The summed E-state index contributed by atoms with van der Waals surface area (Å²) in [5, 5.41) is 7.53. The van der Waals surface area contributed by atoms with Crippen molar-refractivity contribution in [2.45, 2.75) is 39.2 Å². The molecule has 1 amide bonds. The topological polar surface area (TPSA) is 57.3 Å². The van der Waals surface area contributed by atoms with E-state index in [1.54, 1.807) is 6.92 Å². The third-order valence-electron chi connectivity index (χ3n) is 4.66. The van der Waals surface area contributed by atoms with Gasteiger partial charge in [0.15, 0.2) is 0 Å². The molecule has 0 radical (unpaired) electrons. The number of hydrogen-bond acceptors (Lipinski definition) is 4. The lowest BCUT2D eigenvalue weighted by Gasteiger charge is -2.30. The van der Waals surface area contributed by atoms with E-state index in [1.807, 2.05) is 0 Å². The Morgan fingerprint density at radius 2 is 1.96 bits per heavy atom. The first-order valence-corrected chi connectivity index (χ1v) is 9.33.